The summed E-state index contributed by atoms with van der Waals surface area (Å²) in [7, 11) is 2.00. The van der Waals surface area contributed by atoms with Gasteiger partial charge in [0.05, 0.1) is 24.4 Å². The van der Waals surface area contributed by atoms with Crippen molar-refractivity contribution in [2.45, 2.75) is 39.3 Å². The lowest BCUT2D eigenvalue weighted by Crippen LogP contribution is -2.21. The van der Waals surface area contributed by atoms with Crippen LogP contribution in [0.5, 0.6) is 0 Å². The van der Waals surface area contributed by atoms with Gasteiger partial charge in [-0.3, -0.25) is 0 Å². The summed E-state index contributed by atoms with van der Waals surface area (Å²) in [4.78, 5) is 11.1. The third kappa shape index (κ3) is 3.55. The molecule has 0 amide bonds. The molecule has 2 rings (SSSR count). The quantitative estimate of drug-likeness (QED) is 0.941. The van der Waals surface area contributed by atoms with E-state index in [-0.39, 0.29) is 12.0 Å². The van der Waals surface area contributed by atoms with Gasteiger partial charge in [-0.25, -0.2) is 9.97 Å². The van der Waals surface area contributed by atoms with Crippen LogP contribution in [-0.2, 0) is 18.6 Å². The van der Waals surface area contributed by atoms with Crippen molar-refractivity contribution in [2.24, 2.45) is 0 Å². The van der Waals surface area contributed by atoms with Crippen LogP contribution in [0.15, 0.2) is 23.0 Å². The van der Waals surface area contributed by atoms with E-state index in [0.717, 1.165) is 29.3 Å². The minimum Gasteiger partial charge on any atom is -0.392 e. The topological polar surface area (TPSA) is 49.2 Å². The number of nitrogens with zero attached hydrogens (tertiary/aromatic N) is 3. The van der Waals surface area contributed by atoms with E-state index < -0.39 is 0 Å². The number of aliphatic hydroxyl groups is 1. The number of hydrogen-bond acceptors (Lipinski definition) is 5. The predicted molar refractivity (Wildman–Crippen MR) is 83.1 cm³/mol. The molecule has 0 saturated carbocycles. The van der Waals surface area contributed by atoms with Crippen molar-refractivity contribution < 1.29 is 5.11 Å². The Balaban J connectivity index is 2.30. The van der Waals surface area contributed by atoms with Gasteiger partial charge in [0.25, 0.3) is 0 Å². The molecule has 0 fully saturated rings. The first-order valence-corrected chi connectivity index (χ1v) is 7.55. The van der Waals surface area contributed by atoms with Crippen LogP contribution < -0.4 is 4.90 Å². The van der Waals surface area contributed by atoms with Gasteiger partial charge in [-0.1, -0.05) is 20.8 Å². The Morgan fingerprint density at radius 1 is 1.30 bits per heavy atom. The van der Waals surface area contributed by atoms with Crippen LogP contribution in [0.4, 0.5) is 5.82 Å². The summed E-state index contributed by atoms with van der Waals surface area (Å²) in [6.45, 7) is 7.13. The molecule has 4 nitrogen and oxygen atoms in total. The minimum atomic E-state index is -0.0403. The zero-order chi connectivity index (χ0) is 14.8. The fraction of sp³-hybridized carbons (Fsp3) is 0.467. The number of rotatable bonds is 4. The molecule has 2 heterocycles. The molecule has 0 aliphatic carbocycles. The molecule has 0 aliphatic rings. The minimum absolute atomic E-state index is 0.0309. The van der Waals surface area contributed by atoms with Crippen LogP contribution >= 0.6 is 11.3 Å². The van der Waals surface area contributed by atoms with Gasteiger partial charge in [0.2, 0.25) is 0 Å². The lowest BCUT2D eigenvalue weighted by molar-refractivity contribution is 0.281. The molecule has 0 unspecified atom stereocenters. The Bertz CT molecular complexity index is 561. The van der Waals surface area contributed by atoms with Gasteiger partial charge < -0.3 is 10.0 Å². The third-order valence-electron chi connectivity index (χ3n) is 3.10. The molecule has 0 atom stereocenters. The molecule has 5 heteroatoms. The molecule has 2 aromatic heterocycles. The molecule has 0 bridgehead atoms. The van der Waals surface area contributed by atoms with Crippen molar-refractivity contribution in [3.63, 3.8) is 0 Å². The number of thiazole rings is 1. The van der Waals surface area contributed by atoms with Crippen molar-refractivity contribution in [3.8, 4) is 0 Å². The Labute approximate surface area is 124 Å². The first-order chi connectivity index (χ1) is 9.40. The molecule has 0 saturated heterocycles. The Kier molecular flexibility index (Phi) is 4.40. The highest BCUT2D eigenvalue weighted by atomic mass is 32.1. The van der Waals surface area contributed by atoms with E-state index in [1.165, 1.54) is 0 Å². The lowest BCUT2D eigenvalue weighted by atomic mass is 9.91. The summed E-state index contributed by atoms with van der Waals surface area (Å²) in [5.74, 6) is 0.870. The average Bonchev–Trinajstić information content (AvgIpc) is 2.90. The van der Waals surface area contributed by atoms with Crippen LogP contribution in [-0.4, -0.2) is 22.1 Å². The van der Waals surface area contributed by atoms with Crippen LogP contribution in [0.25, 0.3) is 0 Å². The monoisotopic (exact) mass is 291 g/mol. The van der Waals surface area contributed by atoms with Crippen molar-refractivity contribution in [2.75, 3.05) is 11.9 Å². The Morgan fingerprint density at radius 2 is 2.05 bits per heavy atom. The molecule has 0 aromatic carbocycles. The second-order valence-corrected chi connectivity index (χ2v) is 6.68. The number of aliphatic hydroxyl groups excluding tert-OH is 1. The maximum absolute atomic E-state index is 9.43. The molecule has 0 radical (unpaired) electrons. The van der Waals surface area contributed by atoms with Gasteiger partial charge in [0.1, 0.15) is 5.82 Å². The smallest absolute Gasteiger partial charge is 0.129 e. The van der Waals surface area contributed by atoms with E-state index in [1.807, 2.05) is 30.1 Å². The molecule has 0 aliphatic heterocycles. The van der Waals surface area contributed by atoms with Crippen molar-refractivity contribution in [1.29, 1.82) is 0 Å². The maximum Gasteiger partial charge on any atom is 0.129 e. The summed E-state index contributed by atoms with van der Waals surface area (Å²) in [6.07, 6.45) is 0. The van der Waals surface area contributed by atoms with E-state index in [2.05, 4.69) is 30.7 Å². The second-order valence-electron chi connectivity index (χ2n) is 5.96. The molecular formula is C15H21N3OS. The number of hydrogen-bond donors (Lipinski definition) is 1. The van der Waals surface area contributed by atoms with Gasteiger partial charge in [0.15, 0.2) is 0 Å². The molecule has 108 valence electrons. The first-order valence-electron chi connectivity index (χ1n) is 6.60. The van der Waals surface area contributed by atoms with Gasteiger partial charge in [-0.2, -0.15) is 0 Å². The van der Waals surface area contributed by atoms with E-state index in [4.69, 9.17) is 4.98 Å². The lowest BCUT2D eigenvalue weighted by Gasteiger charge is -2.23. The normalized spacial score (nSPS) is 11.7. The summed E-state index contributed by atoms with van der Waals surface area (Å²) >= 11 is 1.59. The summed E-state index contributed by atoms with van der Waals surface area (Å²) in [6, 6.07) is 3.90. The van der Waals surface area contributed by atoms with E-state index in [1.54, 1.807) is 11.3 Å². The predicted octanol–water partition coefficient (Wildman–Crippen LogP) is 2.96. The fourth-order valence-corrected chi connectivity index (χ4v) is 2.43. The largest absolute Gasteiger partial charge is 0.392 e. The van der Waals surface area contributed by atoms with E-state index >= 15 is 0 Å². The van der Waals surface area contributed by atoms with Crippen molar-refractivity contribution in [3.05, 3.63) is 40.0 Å². The first kappa shape index (κ1) is 14.9. The molecule has 20 heavy (non-hydrogen) atoms. The standard InChI is InChI=1S/C15H21N3OS/c1-15(2,3)13-5-11(8-19)6-14(17-13)18(4)7-12-9-20-10-16-12/h5-6,9-10,19H,7-8H2,1-4H3. The second kappa shape index (κ2) is 5.89. The van der Waals surface area contributed by atoms with Crippen LogP contribution in [0.2, 0.25) is 0 Å². The van der Waals surface area contributed by atoms with Gasteiger partial charge >= 0.3 is 0 Å². The van der Waals surface area contributed by atoms with Crippen LogP contribution in [0, 0.1) is 0 Å². The van der Waals surface area contributed by atoms with Gasteiger partial charge in [0, 0.05) is 23.5 Å². The Morgan fingerprint density at radius 3 is 2.60 bits per heavy atom. The van der Waals surface area contributed by atoms with Gasteiger partial charge in [-0.15, -0.1) is 11.3 Å². The zero-order valence-corrected chi connectivity index (χ0v) is 13.2. The van der Waals surface area contributed by atoms with Crippen molar-refractivity contribution >= 4 is 17.2 Å². The number of anilines is 1. The molecule has 0 spiro atoms. The average molecular weight is 291 g/mol. The number of aromatic nitrogens is 2. The highest BCUT2D eigenvalue weighted by Crippen LogP contribution is 2.25. The summed E-state index contributed by atoms with van der Waals surface area (Å²) in [5.41, 5.74) is 4.71. The molecule has 1 N–H and O–H groups in total. The maximum atomic E-state index is 9.43. The zero-order valence-electron chi connectivity index (χ0n) is 12.4. The van der Waals surface area contributed by atoms with Crippen LogP contribution in [0.1, 0.15) is 37.7 Å². The number of pyridine rings is 1. The highest BCUT2D eigenvalue weighted by molar-refractivity contribution is 7.07. The fourth-order valence-electron chi connectivity index (χ4n) is 1.88. The molecular weight excluding hydrogens is 270 g/mol. The Hall–Kier alpha value is -1.46. The summed E-state index contributed by atoms with van der Waals surface area (Å²) < 4.78 is 0. The van der Waals surface area contributed by atoms with E-state index in [9.17, 15) is 5.11 Å². The van der Waals surface area contributed by atoms with Gasteiger partial charge in [-0.05, 0) is 17.7 Å². The highest BCUT2D eigenvalue weighted by Gasteiger charge is 2.18. The summed E-state index contributed by atoms with van der Waals surface area (Å²) in [5, 5.41) is 11.5. The van der Waals surface area contributed by atoms with Crippen molar-refractivity contribution in [1.82, 2.24) is 9.97 Å². The third-order valence-corrected chi connectivity index (χ3v) is 3.73. The van der Waals surface area contributed by atoms with E-state index in [0.29, 0.717) is 0 Å². The molecule has 2 aromatic rings. The van der Waals surface area contributed by atoms with Crippen LogP contribution in [0.3, 0.4) is 0 Å². The SMILES string of the molecule is CN(Cc1cscn1)c1cc(CO)cc(C(C)(C)C)n1.